The van der Waals surface area contributed by atoms with Gasteiger partial charge in [0.15, 0.2) is 23.2 Å². The standard InChI is InChI=1S/C13H9F3N2O/c14-10-2-1-9(11(15)12(10)16)13(19)7-3-4-18-8(5-7)6-17/h1-5H,6,17H2. The molecule has 0 atom stereocenters. The average Bonchev–Trinajstić information content (AvgIpc) is 2.44. The van der Waals surface area contributed by atoms with Crippen LogP contribution in [0.1, 0.15) is 21.6 Å². The predicted octanol–water partition coefficient (Wildman–Crippen LogP) is 2.19. The van der Waals surface area contributed by atoms with Crippen molar-refractivity contribution < 1.29 is 18.0 Å². The summed E-state index contributed by atoms with van der Waals surface area (Å²) in [7, 11) is 0. The molecule has 0 bridgehead atoms. The highest BCUT2D eigenvalue weighted by molar-refractivity contribution is 6.09. The Labute approximate surface area is 106 Å². The maximum Gasteiger partial charge on any atom is 0.196 e. The third-order valence-electron chi connectivity index (χ3n) is 2.57. The van der Waals surface area contributed by atoms with E-state index in [1.807, 2.05) is 0 Å². The molecule has 0 spiro atoms. The number of carbonyl (C=O) groups excluding carboxylic acids is 1. The molecule has 1 aromatic carbocycles. The van der Waals surface area contributed by atoms with E-state index in [9.17, 15) is 18.0 Å². The number of benzene rings is 1. The predicted molar refractivity (Wildman–Crippen MR) is 61.9 cm³/mol. The monoisotopic (exact) mass is 266 g/mol. The van der Waals surface area contributed by atoms with Gasteiger partial charge in [-0.05, 0) is 24.3 Å². The van der Waals surface area contributed by atoms with Crippen molar-refractivity contribution in [3.05, 3.63) is 64.7 Å². The number of hydrogen-bond acceptors (Lipinski definition) is 3. The zero-order valence-electron chi connectivity index (χ0n) is 9.66. The molecular weight excluding hydrogens is 257 g/mol. The normalized spacial score (nSPS) is 10.5. The van der Waals surface area contributed by atoms with E-state index < -0.39 is 28.8 Å². The van der Waals surface area contributed by atoms with Crippen LogP contribution in [0.4, 0.5) is 13.2 Å². The van der Waals surface area contributed by atoms with Crippen LogP contribution in [0.3, 0.4) is 0 Å². The van der Waals surface area contributed by atoms with Crippen LogP contribution in [-0.2, 0) is 6.54 Å². The number of halogens is 3. The zero-order chi connectivity index (χ0) is 14.0. The minimum absolute atomic E-state index is 0.111. The van der Waals surface area contributed by atoms with Crippen LogP contribution in [0.25, 0.3) is 0 Å². The molecule has 19 heavy (non-hydrogen) atoms. The van der Waals surface area contributed by atoms with Gasteiger partial charge in [0.05, 0.1) is 11.3 Å². The smallest absolute Gasteiger partial charge is 0.196 e. The molecule has 1 aromatic heterocycles. The lowest BCUT2D eigenvalue weighted by Crippen LogP contribution is -2.09. The Bertz CT molecular complexity index is 644. The lowest BCUT2D eigenvalue weighted by atomic mass is 10.0. The number of ketones is 1. The summed E-state index contributed by atoms with van der Waals surface area (Å²) in [6, 6.07) is 4.33. The molecule has 6 heteroatoms. The van der Waals surface area contributed by atoms with Crippen molar-refractivity contribution in [1.29, 1.82) is 0 Å². The average molecular weight is 266 g/mol. The molecule has 0 amide bonds. The highest BCUT2D eigenvalue weighted by atomic mass is 19.2. The van der Waals surface area contributed by atoms with E-state index in [4.69, 9.17) is 5.73 Å². The molecular formula is C13H9F3N2O. The molecule has 0 radical (unpaired) electrons. The van der Waals surface area contributed by atoms with Crippen molar-refractivity contribution in [1.82, 2.24) is 4.98 Å². The lowest BCUT2D eigenvalue weighted by Gasteiger charge is -2.05. The summed E-state index contributed by atoms with van der Waals surface area (Å²) < 4.78 is 39.4. The van der Waals surface area contributed by atoms with Gasteiger partial charge in [-0.3, -0.25) is 9.78 Å². The van der Waals surface area contributed by atoms with Crippen LogP contribution in [-0.4, -0.2) is 10.8 Å². The highest BCUT2D eigenvalue weighted by Crippen LogP contribution is 2.18. The fraction of sp³-hybridized carbons (Fsp3) is 0.0769. The van der Waals surface area contributed by atoms with Crippen LogP contribution in [0.5, 0.6) is 0 Å². The second-order valence-electron chi connectivity index (χ2n) is 3.79. The summed E-state index contributed by atoms with van der Waals surface area (Å²) in [5.41, 5.74) is 5.39. The third-order valence-corrected chi connectivity index (χ3v) is 2.57. The SMILES string of the molecule is NCc1cc(C(=O)c2ccc(F)c(F)c2F)ccn1. The van der Waals surface area contributed by atoms with Gasteiger partial charge in [-0.2, -0.15) is 0 Å². The van der Waals surface area contributed by atoms with Gasteiger partial charge in [-0.25, -0.2) is 13.2 Å². The molecule has 0 saturated heterocycles. The van der Waals surface area contributed by atoms with E-state index in [2.05, 4.69) is 4.98 Å². The van der Waals surface area contributed by atoms with E-state index in [1.165, 1.54) is 18.3 Å². The second-order valence-corrected chi connectivity index (χ2v) is 3.79. The van der Waals surface area contributed by atoms with Crippen LogP contribution in [0.15, 0.2) is 30.5 Å². The van der Waals surface area contributed by atoms with Gasteiger partial charge in [0.1, 0.15) is 0 Å². The molecule has 0 aliphatic carbocycles. The molecule has 2 rings (SSSR count). The number of aromatic nitrogens is 1. The second kappa shape index (κ2) is 5.19. The Balaban J connectivity index is 2.47. The minimum atomic E-state index is -1.67. The topological polar surface area (TPSA) is 56.0 Å². The van der Waals surface area contributed by atoms with E-state index in [0.717, 1.165) is 6.07 Å². The number of pyridine rings is 1. The first-order chi connectivity index (χ1) is 9.04. The molecule has 0 fully saturated rings. The van der Waals surface area contributed by atoms with Crippen LogP contribution in [0.2, 0.25) is 0 Å². The summed E-state index contributed by atoms with van der Waals surface area (Å²) in [6.07, 6.45) is 1.34. The fourth-order valence-electron chi connectivity index (χ4n) is 1.59. The van der Waals surface area contributed by atoms with Crippen molar-refractivity contribution in [3.8, 4) is 0 Å². The maximum absolute atomic E-state index is 13.5. The van der Waals surface area contributed by atoms with E-state index in [-0.39, 0.29) is 12.1 Å². The van der Waals surface area contributed by atoms with Gasteiger partial charge >= 0.3 is 0 Å². The van der Waals surface area contributed by atoms with Gasteiger partial charge in [-0.15, -0.1) is 0 Å². The minimum Gasteiger partial charge on any atom is -0.325 e. The molecule has 2 aromatic rings. The molecule has 2 N–H and O–H groups in total. The Morgan fingerprint density at radius 3 is 2.58 bits per heavy atom. The number of nitrogens with two attached hydrogens (primary N) is 1. The first-order valence-electron chi connectivity index (χ1n) is 5.37. The third kappa shape index (κ3) is 2.48. The van der Waals surface area contributed by atoms with Gasteiger partial charge in [0.2, 0.25) is 0 Å². The van der Waals surface area contributed by atoms with Gasteiger partial charge in [0.25, 0.3) is 0 Å². The first kappa shape index (κ1) is 13.2. The van der Waals surface area contributed by atoms with Crippen molar-refractivity contribution in [2.45, 2.75) is 6.54 Å². The molecule has 0 unspecified atom stereocenters. The number of nitrogens with zero attached hydrogens (tertiary/aromatic N) is 1. The summed E-state index contributed by atoms with van der Waals surface area (Å²) in [4.78, 5) is 15.9. The molecule has 0 aliphatic rings. The Hall–Kier alpha value is -2.21. The van der Waals surface area contributed by atoms with Crippen molar-refractivity contribution in [2.75, 3.05) is 0 Å². The van der Waals surface area contributed by atoms with Gasteiger partial charge in [-0.1, -0.05) is 0 Å². The summed E-state index contributed by atoms with van der Waals surface area (Å²) in [6.45, 7) is 0.112. The highest BCUT2D eigenvalue weighted by Gasteiger charge is 2.20. The Morgan fingerprint density at radius 1 is 1.16 bits per heavy atom. The van der Waals surface area contributed by atoms with Crippen molar-refractivity contribution in [3.63, 3.8) is 0 Å². The van der Waals surface area contributed by atoms with E-state index >= 15 is 0 Å². The lowest BCUT2D eigenvalue weighted by molar-refractivity contribution is 0.103. The molecule has 1 heterocycles. The number of hydrogen-bond donors (Lipinski definition) is 1. The van der Waals surface area contributed by atoms with Crippen LogP contribution >= 0.6 is 0 Å². The van der Waals surface area contributed by atoms with E-state index in [0.29, 0.717) is 11.8 Å². The van der Waals surface area contributed by atoms with Crippen LogP contribution < -0.4 is 5.73 Å². The Morgan fingerprint density at radius 2 is 1.89 bits per heavy atom. The number of carbonyl (C=O) groups is 1. The van der Waals surface area contributed by atoms with Crippen LogP contribution in [0, 0.1) is 17.5 Å². The number of rotatable bonds is 3. The summed E-state index contributed by atoms with van der Waals surface area (Å²) in [5.74, 6) is -5.27. The molecule has 98 valence electrons. The molecule has 0 aliphatic heterocycles. The zero-order valence-corrected chi connectivity index (χ0v) is 9.66. The van der Waals surface area contributed by atoms with E-state index in [1.54, 1.807) is 0 Å². The fourth-order valence-corrected chi connectivity index (χ4v) is 1.59. The van der Waals surface area contributed by atoms with Crippen molar-refractivity contribution in [2.24, 2.45) is 5.73 Å². The van der Waals surface area contributed by atoms with Gasteiger partial charge < -0.3 is 5.73 Å². The summed E-state index contributed by atoms with van der Waals surface area (Å²) >= 11 is 0. The van der Waals surface area contributed by atoms with Gasteiger partial charge in [0, 0.05) is 18.3 Å². The first-order valence-corrected chi connectivity index (χ1v) is 5.37. The Kier molecular flexibility index (Phi) is 3.62. The molecule has 0 saturated carbocycles. The maximum atomic E-state index is 13.5. The quantitative estimate of drug-likeness (QED) is 0.684. The van der Waals surface area contributed by atoms with Crippen molar-refractivity contribution >= 4 is 5.78 Å². The largest absolute Gasteiger partial charge is 0.325 e. The summed E-state index contributed by atoms with van der Waals surface area (Å²) in [5, 5.41) is 0. The molecule has 3 nitrogen and oxygen atoms in total.